The molecule has 0 aliphatic rings. The minimum absolute atomic E-state index is 0.226. The van der Waals surface area contributed by atoms with Gasteiger partial charge >= 0.3 is 0 Å². The topological polar surface area (TPSA) is 50.2 Å². The minimum atomic E-state index is -0.226. The normalized spacial score (nSPS) is 11.9. The van der Waals surface area contributed by atoms with Crippen LogP contribution in [0.2, 0.25) is 5.02 Å². The maximum Gasteiger partial charge on any atom is 0.287 e. The van der Waals surface area contributed by atoms with Crippen LogP contribution in [-0.4, -0.2) is 39.8 Å². The van der Waals surface area contributed by atoms with Crippen molar-refractivity contribution < 1.29 is 4.79 Å². The summed E-state index contributed by atoms with van der Waals surface area (Å²) in [7, 11) is 0. The molecule has 34 heavy (non-hydrogen) atoms. The Morgan fingerprint density at radius 3 is 2.21 bits per heavy atom. The second kappa shape index (κ2) is 16.0. The summed E-state index contributed by atoms with van der Waals surface area (Å²) in [5.41, 5.74) is 5.05. The number of amides is 1. The van der Waals surface area contributed by atoms with E-state index in [4.69, 9.17) is 28.2 Å². The number of halogens is 2. The number of carbonyl (C=O) groups is 1. The van der Waals surface area contributed by atoms with Gasteiger partial charge in [0.05, 0.1) is 0 Å². The first-order chi connectivity index (χ1) is 16.4. The number of rotatable bonds is 11. The van der Waals surface area contributed by atoms with Crippen LogP contribution in [0.4, 0.5) is 0 Å². The van der Waals surface area contributed by atoms with Crippen LogP contribution in [-0.2, 0) is 0 Å². The van der Waals surface area contributed by atoms with Crippen molar-refractivity contribution in [1.29, 1.82) is 0 Å². The van der Waals surface area contributed by atoms with Gasteiger partial charge in [-0.2, -0.15) is 0 Å². The van der Waals surface area contributed by atoms with Crippen molar-refractivity contribution in [3.63, 3.8) is 0 Å². The number of carbonyl (C=O) groups excluding carboxylic acids is 1. The van der Waals surface area contributed by atoms with E-state index in [1.807, 2.05) is 73.0 Å². The van der Waals surface area contributed by atoms with Gasteiger partial charge in [0.2, 0.25) is 0 Å². The molecule has 1 N–H and O–H groups in total. The molecule has 1 aromatic heterocycles. The van der Waals surface area contributed by atoms with E-state index >= 15 is 0 Å². The Labute approximate surface area is 219 Å². The molecule has 0 fully saturated rings. The zero-order valence-corrected chi connectivity index (χ0v) is 23.7. The Morgan fingerprint density at radius 2 is 1.74 bits per heavy atom. The molecule has 1 aromatic carbocycles. The molecule has 0 saturated heterocycles. The van der Waals surface area contributed by atoms with Crippen molar-refractivity contribution in [2.75, 3.05) is 19.3 Å². The van der Waals surface area contributed by atoms with Crippen LogP contribution in [0.3, 0.4) is 0 Å². The highest BCUT2D eigenvalue weighted by Gasteiger charge is 2.26. The highest BCUT2D eigenvalue weighted by Crippen LogP contribution is 2.33. The van der Waals surface area contributed by atoms with Crippen LogP contribution < -0.4 is 5.43 Å². The lowest BCUT2D eigenvalue weighted by molar-refractivity contribution is 0.0779. The molecule has 0 unspecified atom stereocenters. The molecule has 8 heteroatoms. The molecule has 5 nitrogen and oxygen atoms in total. The van der Waals surface area contributed by atoms with E-state index in [2.05, 4.69) is 26.2 Å². The number of hydrazine groups is 1. The molecule has 0 aliphatic carbocycles. The lowest BCUT2D eigenvalue weighted by Gasteiger charge is -2.21. The Bertz CT molecular complexity index is 958. The minimum Gasteiger partial charge on any atom is -0.287 e. The van der Waals surface area contributed by atoms with Crippen LogP contribution in [0.1, 0.15) is 77.1 Å². The zero-order chi connectivity index (χ0) is 25.7. The molecule has 2 aromatic rings. The van der Waals surface area contributed by atoms with Crippen molar-refractivity contribution in [3.05, 3.63) is 58.0 Å². The van der Waals surface area contributed by atoms with Gasteiger partial charge in [-0.25, -0.2) is 9.99 Å². The van der Waals surface area contributed by atoms with Crippen LogP contribution in [0.15, 0.2) is 46.5 Å². The van der Waals surface area contributed by atoms with E-state index in [1.165, 1.54) is 11.8 Å². The molecule has 188 valence electrons. The first-order valence-electron chi connectivity index (χ1n) is 11.9. The smallest absolute Gasteiger partial charge is 0.287 e. The highest BCUT2D eigenvalue weighted by atomic mass is 35.5. The van der Waals surface area contributed by atoms with Crippen molar-refractivity contribution >= 4 is 46.4 Å². The molecule has 1 amide bonds. The molecule has 0 aliphatic heterocycles. The van der Waals surface area contributed by atoms with Gasteiger partial charge in [-0.1, -0.05) is 70.0 Å². The predicted octanol–water partition coefficient (Wildman–Crippen LogP) is 7.98. The molecule has 0 atom stereocenters. The average Bonchev–Trinajstić information content (AvgIpc) is 3.20. The fourth-order valence-electron chi connectivity index (χ4n) is 3.29. The van der Waals surface area contributed by atoms with Gasteiger partial charge < -0.3 is 0 Å². The molecule has 1 heterocycles. The fourth-order valence-corrected chi connectivity index (χ4v) is 4.27. The number of benzene rings is 1. The summed E-state index contributed by atoms with van der Waals surface area (Å²) in [6, 6.07) is 7.49. The average molecular weight is 526 g/mol. The van der Waals surface area contributed by atoms with Crippen molar-refractivity contribution in [3.8, 4) is 5.69 Å². The number of hydrogen-bond acceptors (Lipinski definition) is 4. The SMILES string of the molecule is CC.CC/C=C\C(=C(/C)Cl)c1nc(C(=O)NN(CCC)CCC)c(SC)n1-c1ccc(Cl)cc1. The summed E-state index contributed by atoms with van der Waals surface area (Å²) >= 11 is 14.1. The number of nitrogens with zero attached hydrogens (tertiary/aromatic N) is 3. The summed E-state index contributed by atoms with van der Waals surface area (Å²) in [6.07, 6.45) is 8.69. The van der Waals surface area contributed by atoms with Gasteiger partial charge in [0.15, 0.2) is 5.69 Å². The van der Waals surface area contributed by atoms with Gasteiger partial charge in [-0.3, -0.25) is 14.8 Å². The van der Waals surface area contributed by atoms with Crippen molar-refractivity contribution in [2.24, 2.45) is 0 Å². The van der Waals surface area contributed by atoms with Crippen molar-refractivity contribution in [1.82, 2.24) is 20.0 Å². The first-order valence-corrected chi connectivity index (χ1v) is 13.9. The maximum atomic E-state index is 13.3. The Balaban J connectivity index is 0.00000281. The van der Waals surface area contributed by atoms with E-state index in [9.17, 15) is 4.79 Å². The van der Waals surface area contributed by atoms with E-state index in [1.54, 1.807) is 0 Å². The van der Waals surface area contributed by atoms with E-state index < -0.39 is 0 Å². The quantitative estimate of drug-likeness (QED) is 0.184. The van der Waals surface area contributed by atoms with E-state index in [-0.39, 0.29) is 5.91 Å². The number of aromatic nitrogens is 2. The van der Waals surface area contributed by atoms with Gasteiger partial charge in [-0.05, 0) is 56.7 Å². The lowest BCUT2D eigenvalue weighted by atomic mass is 10.2. The third-order valence-electron chi connectivity index (χ3n) is 4.71. The molecule has 0 spiro atoms. The number of imidazole rings is 1. The van der Waals surface area contributed by atoms with Crippen LogP contribution >= 0.6 is 35.0 Å². The predicted molar refractivity (Wildman–Crippen MR) is 149 cm³/mol. The number of hydrogen-bond donors (Lipinski definition) is 1. The molecule has 0 radical (unpaired) electrons. The molecule has 0 bridgehead atoms. The van der Waals surface area contributed by atoms with Gasteiger partial charge in [0.1, 0.15) is 10.9 Å². The summed E-state index contributed by atoms with van der Waals surface area (Å²) < 4.78 is 1.97. The fraction of sp³-hybridized carbons (Fsp3) is 0.462. The zero-order valence-electron chi connectivity index (χ0n) is 21.4. The first kappa shape index (κ1) is 30.3. The lowest BCUT2D eigenvalue weighted by Crippen LogP contribution is -2.43. The van der Waals surface area contributed by atoms with Gasteiger partial charge in [0.25, 0.3) is 5.91 Å². The van der Waals surface area contributed by atoms with Crippen LogP contribution in [0.5, 0.6) is 0 Å². The number of thioether (sulfide) groups is 1. The summed E-state index contributed by atoms with van der Waals surface area (Å²) in [4.78, 5) is 18.1. The van der Waals surface area contributed by atoms with E-state index in [0.717, 1.165) is 48.6 Å². The Hall–Kier alpha value is -1.73. The van der Waals surface area contributed by atoms with Gasteiger partial charge in [-0.15, -0.1) is 11.8 Å². The maximum absolute atomic E-state index is 13.3. The summed E-state index contributed by atoms with van der Waals surface area (Å²) in [6.45, 7) is 13.6. The summed E-state index contributed by atoms with van der Waals surface area (Å²) in [5, 5.41) is 3.94. The third-order valence-corrected chi connectivity index (χ3v) is 5.93. The van der Waals surface area contributed by atoms with Crippen molar-refractivity contribution in [2.45, 2.75) is 65.8 Å². The number of nitrogens with one attached hydrogen (secondary N) is 1. The summed E-state index contributed by atoms with van der Waals surface area (Å²) in [5.74, 6) is 0.396. The second-order valence-corrected chi connectivity index (χ2v) is 9.09. The molecule has 0 saturated carbocycles. The Morgan fingerprint density at radius 1 is 1.15 bits per heavy atom. The van der Waals surface area contributed by atoms with Gasteiger partial charge in [0, 0.05) is 34.4 Å². The standard InChI is InChI=1S/C24H32Cl2N4OS.C2H6/c1-6-9-10-20(17(4)25)22-27-21(23(31)28-29(15-7-2)16-8-3)24(32-5)30(22)19-13-11-18(26)12-14-19;1-2/h9-14H,6-8,15-16H2,1-5H3,(H,28,31);1-2H3/b10-9-,20-17-;. The van der Waals surface area contributed by atoms with E-state index in [0.29, 0.717) is 21.6 Å². The largest absolute Gasteiger partial charge is 0.287 e. The van der Waals surface area contributed by atoms with Crippen LogP contribution in [0.25, 0.3) is 11.3 Å². The second-order valence-electron chi connectivity index (χ2n) is 7.29. The molecular weight excluding hydrogens is 487 g/mol. The highest BCUT2D eigenvalue weighted by molar-refractivity contribution is 7.98. The molecule has 2 rings (SSSR count). The monoisotopic (exact) mass is 524 g/mol. The molecular formula is C26H38Cl2N4OS. The number of allylic oxidation sites excluding steroid dienone is 4. The Kier molecular flexibility index (Phi) is 14.3. The third kappa shape index (κ3) is 8.19. The van der Waals surface area contributed by atoms with Crippen LogP contribution in [0, 0.1) is 0 Å².